The SMILES string of the molecule is CCCCCCC/C=C\[C@@H](O)[C@H](COP(=O)(O)OCC[N+](C)(C)C)NC(=O)CCCCCCCCCC. The van der Waals surface area contributed by atoms with Gasteiger partial charge in [-0.25, -0.2) is 4.57 Å². The number of aliphatic hydroxyl groups is 1. The molecule has 8 nitrogen and oxygen atoms in total. The number of phosphoric ester groups is 1. The van der Waals surface area contributed by atoms with Gasteiger partial charge >= 0.3 is 7.82 Å². The molecule has 9 heteroatoms. The number of unbranched alkanes of at least 4 members (excludes halogenated alkanes) is 12. The third kappa shape index (κ3) is 24.0. The van der Waals surface area contributed by atoms with Crippen molar-refractivity contribution in [1.29, 1.82) is 0 Å². The van der Waals surface area contributed by atoms with Crippen molar-refractivity contribution in [3.05, 3.63) is 12.2 Å². The third-order valence-corrected chi connectivity index (χ3v) is 7.24. The maximum absolute atomic E-state index is 12.5. The lowest BCUT2D eigenvalue weighted by atomic mass is 10.1. The van der Waals surface area contributed by atoms with Crippen LogP contribution in [0.5, 0.6) is 0 Å². The summed E-state index contributed by atoms with van der Waals surface area (Å²) in [5, 5.41) is 13.5. The van der Waals surface area contributed by atoms with Gasteiger partial charge < -0.3 is 19.8 Å². The van der Waals surface area contributed by atoms with Gasteiger partial charge in [0.1, 0.15) is 13.2 Å². The summed E-state index contributed by atoms with van der Waals surface area (Å²) >= 11 is 0. The molecule has 0 rings (SSSR count). The molecule has 0 aliphatic rings. The fraction of sp³-hybridized carbons (Fsp3) is 0.893. The van der Waals surface area contributed by atoms with E-state index in [4.69, 9.17) is 9.05 Å². The average Bonchev–Trinajstić information content (AvgIpc) is 2.81. The number of quaternary nitrogens is 1. The van der Waals surface area contributed by atoms with Crippen molar-refractivity contribution in [2.45, 2.75) is 122 Å². The molecule has 220 valence electrons. The predicted molar refractivity (Wildman–Crippen MR) is 152 cm³/mol. The highest BCUT2D eigenvalue weighted by Crippen LogP contribution is 2.43. The first-order valence-corrected chi connectivity index (χ1v) is 16.1. The van der Waals surface area contributed by atoms with E-state index in [1.54, 1.807) is 6.08 Å². The molecular weight excluding hydrogens is 491 g/mol. The molecule has 0 aliphatic heterocycles. The number of carbonyl (C=O) groups excluding carboxylic acids is 1. The van der Waals surface area contributed by atoms with Gasteiger partial charge in [0.25, 0.3) is 0 Å². The number of likely N-dealkylation sites (N-methyl/N-ethyl adjacent to an activating group) is 1. The van der Waals surface area contributed by atoms with E-state index >= 15 is 0 Å². The lowest BCUT2D eigenvalue weighted by Gasteiger charge is -2.25. The number of nitrogens with zero attached hydrogens (tertiary/aromatic N) is 1. The number of rotatable bonds is 25. The fourth-order valence-electron chi connectivity index (χ4n) is 3.80. The second-order valence-corrected chi connectivity index (χ2v) is 12.6. The van der Waals surface area contributed by atoms with Gasteiger partial charge in [0.15, 0.2) is 0 Å². The van der Waals surface area contributed by atoms with E-state index < -0.39 is 20.0 Å². The first kappa shape index (κ1) is 36.2. The van der Waals surface area contributed by atoms with Crippen LogP contribution in [0.25, 0.3) is 0 Å². The molecule has 3 atom stereocenters. The van der Waals surface area contributed by atoms with E-state index in [1.165, 1.54) is 51.4 Å². The second kappa shape index (κ2) is 22.1. The molecule has 0 saturated carbocycles. The van der Waals surface area contributed by atoms with Crippen LogP contribution in [-0.2, 0) is 18.4 Å². The van der Waals surface area contributed by atoms with Gasteiger partial charge in [-0.15, -0.1) is 0 Å². The molecule has 1 unspecified atom stereocenters. The standard InChI is InChI=1S/C28H57N2O6P/c1-6-8-10-12-14-16-18-20-22-28(32)29-26(27(31)21-19-17-15-13-11-9-7-2)25-36-37(33,34)35-24-23-30(3,4)5/h19,21,26-27,31H,6-18,20,22-25H2,1-5H3,(H-,29,32,33,34)/p+1/b21-19-/t26-,27+/m0/s1. The van der Waals surface area contributed by atoms with Crippen molar-refractivity contribution in [2.75, 3.05) is 40.9 Å². The lowest BCUT2D eigenvalue weighted by molar-refractivity contribution is -0.870. The van der Waals surface area contributed by atoms with Crippen molar-refractivity contribution < 1.29 is 32.9 Å². The van der Waals surface area contributed by atoms with Crippen LogP contribution >= 0.6 is 7.82 Å². The number of nitrogens with one attached hydrogen (secondary N) is 1. The zero-order valence-electron chi connectivity index (χ0n) is 24.5. The molecule has 0 aromatic heterocycles. The van der Waals surface area contributed by atoms with Crippen LogP contribution in [0, 0.1) is 0 Å². The number of allylic oxidation sites excluding steroid dienone is 1. The molecule has 0 saturated heterocycles. The van der Waals surface area contributed by atoms with Gasteiger partial charge in [-0.1, -0.05) is 96.6 Å². The molecule has 0 bridgehead atoms. The van der Waals surface area contributed by atoms with Gasteiger partial charge in [0, 0.05) is 6.42 Å². The zero-order chi connectivity index (χ0) is 28.0. The van der Waals surface area contributed by atoms with E-state index in [0.29, 0.717) is 17.4 Å². The Morgan fingerprint density at radius 1 is 0.892 bits per heavy atom. The molecule has 0 aliphatic carbocycles. The maximum atomic E-state index is 12.5. The van der Waals surface area contributed by atoms with E-state index in [-0.39, 0.29) is 19.1 Å². The van der Waals surface area contributed by atoms with Crippen LogP contribution in [0.3, 0.4) is 0 Å². The largest absolute Gasteiger partial charge is 0.472 e. The van der Waals surface area contributed by atoms with E-state index in [2.05, 4.69) is 19.2 Å². The molecule has 37 heavy (non-hydrogen) atoms. The Morgan fingerprint density at radius 3 is 2.00 bits per heavy atom. The van der Waals surface area contributed by atoms with Gasteiger partial charge in [-0.05, 0) is 19.3 Å². The zero-order valence-corrected chi connectivity index (χ0v) is 25.4. The topological polar surface area (TPSA) is 105 Å². The van der Waals surface area contributed by atoms with Crippen molar-refractivity contribution >= 4 is 13.7 Å². The number of aliphatic hydroxyl groups excluding tert-OH is 1. The Labute approximate surface area is 227 Å². The van der Waals surface area contributed by atoms with Crippen LogP contribution in [0.2, 0.25) is 0 Å². The summed E-state index contributed by atoms with van der Waals surface area (Å²) in [4.78, 5) is 22.6. The van der Waals surface area contributed by atoms with Crippen molar-refractivity contribution in [2.24, 2.45) is 0 Å². The van der Waals surface area contributed by atoms with Crippen LogP contribution in [0.1, 0.15) is 110 Å². The fourth-order valence-corrected chi connectivity index (χ4v) is 4.54. The molecule has 1 amide bonds. The summed E-state index contributed by atoms with van der Waals surface area (Å²) in [6, 6.07) is -0.833. The molecule has 0 aromatic carbocycles. The minimum Gasteiger partial charge on any atom is -0.387 e. The number of hydrogen-bond acceptors (Lipinski definition) is 5. The molecule has 0 radical (unpaired) electrons. The highest BCUT2D eigenvalue weighted by atomic mass is 31.2. The summed E-state index contributed by atoms with van der Waals surface area (Å²) in [5.74, 6) is -0.190. The Morgan fingerprint density at radius 2 is 1.43 bits per heavy atom. The van der Waals surface area contributed by atoms with E-state index in [0.717, 1.165) is 38.5 Å². The number of carbonyl (C=O) groups is 1. The summed E-state index contributed by atoms with van der Waals surface area (Å²) in [5.41, 5.74) is 0. The number of hydrogen-bond donors (Lipinski definition) is 3. The highest BCUT2D eigenvalue weighted by Gasteiger charge is 2.27. The second-order valence-electron chi connectivity index (χ2n) is 11.1. The lowest BCUT2D eigenvalue weighted by Crippen LogP contribution is -2.45. The number of amides is 1. The summed E-state index contributed by atoms with van der Waals surface area (Å²) in [6.07, 6.45) is 18.7. The van der Waals surface area contributed by atoms with Gasteiger partial charge in [0.05, 0.1) is 39.9 Å². The summed E-state index contributed by atoms with van der Waals surface area (Å²) in [7, 11) is 1.56. The quantitative estimate of drug-likeness (QED) is 0.0548. The Balaban J connectivity index is 4.71. The van der Waals surface area contributed by atoms with Crippen molar-refractivity contribution in [3.63, 3.8) is 0 Å². The smallest absolute Gasteiger partial charge is 0.387 e. The van der Waals surface area contributed by atoms with E-state index in [9.17, 15) is 19.4 Å². The van der Waals surface area contributed by atoms with Gasteiger partial charge in [-0.3, -0.25) is 13.8 Å². The molecule has 0 fully saturated rings. The minimum absolute atomic E-state index is 0.0627. The Hall–Kier alpha value is -0.760. The first-order chi connectivity index (χ1) is 17.5. The van der Waals surface area contributed by atoms with Crippen LogP contribution < -0.4 is 5.32 Å². The van der Waals surface area contributed by atoms with Crippen LogP contribution in [0.4, 0.5) is 0 Å². The maximum Gasteiger partial charge on any atom is 0.472 e. The molecule has 0 heterocycles. The Bertz CT molecular complexity index is 639. The Kier molecular flexibility index (Phi) is 21.6. The van der Waals surface area contributed by atoms with Crippen molar-refractivity contribution in [1.82, 2.24) is 5.32 Å². The van der Waals surface area contributed by atoms with Gasteiger partial charge in [0.2, 0.25) is 5.91 Å². The highest BCUT2D eigenvalue weighted by molar-refractivity contribution is 7.47. The molecule has 0 spiro atoms. The summed E-state index contributed by atoms with van der Waals surface area (Å²) in [6.45, 7) is 4.67. The van der Waals surface area contributed by atoms with E-state index in [1.807, 2.05) is 27.2 Å². The van der Waals surface area contributed by atoms with Crippen LogP contribution in [0.15, 0.2) is 12.2 Å². The van der Waals surface area contributed by atoms with Crippen molar-refractivity contribution in [3.8, 4) is 0 Å². The number of phosphoric acid groups is 1. The predicted octanol–water partition coefficient (Wildman–Crippen LogP) is 6.12. The first-order valence-electron chi connectivity index (χ1n) is 14.6. The molecule has 0 aromatic rings. The monoisotopic (exact) mass is 549 g/mol. The normalized spacial score (nSPS) is 15.5. The summed E-state index contributed by atoms with van der Waals surface area (Å²) < 4.78 is 23.1. The van der Waals surface area contributed by atoms with Crippen LogP contribution in [-0.4, -0.2) is 73.4 Å². The average molecular weight is 550 g/mol. The third-order valence-electron chi connectivity index (χ3n) is 6.26. The van der Waals surface area contributed by atoms with Gasteiger partial charge in [-0.2, -0.15) is 0 Å². The molecule has 3 N–H and O–H groups in total. The minimum atomic E-state index is -4.30. The molecular formula is C28H58N2O6P+.